The topological polar surface area (TPSA) is 78.1 Å². The van der Waals surface area contributed by atoms with Gasteiger partial charge in [-0.3, -0.25) is 9.59 Å². The molecule has 2 aromatic carbocycles. The smallest absolute Gasteiger partial charge is 0.252 e. The monoisotopic (exact) mass is 488 g/mol. The minimum atomic E-state index is -0.218. The minimum absolute atomic E-state index is 0.0106. The second-order valence-electron chi connectivity index (χ2n) is 6.98. The molecule has 1 unspecified atom stereocenters. The predicted octanol–water partition coefficient (Wildman–Crippen LogP) is 3.30. The summed E-state index contributed by atoms with van der Waals surface area (Å²) in [7, 11) is 0. The van der Waals surface area contributed by atoms with Crippen molar-refractivity contribution >= 4 is 45.4 Å². The Bertz CT molecular complexity index is 983. The first-order valence-electron chi connectivity index (χ1n) is 9.37. The van der Waals surface area contributed by atoms with Crippen LogP contribution in [0.15, 0.2) is 48.5 Å². The average Bonchev–Trinajstić information content (AvgIpc) is 3.16. The van der Waals surface area contributed by atoms with Crippen LogP contribution in [-0.4, -0.2) is 46.3 Å². The second-order valence-corrected chi connectivity index (χ2v) is 8.14. The Morgan fingerprint density at radius 2 is 1.96 bits per heavy atom. The van der Waals surface area contributed by atoms with Gasteiger partial charge in [-0.15, -0.1) is 0 Å². The van der Waals surface area contributed by atoms with Crippen LogP contribution in [-0.2, 0) is 4.79 Å². The van der Waals surface area contributed by atoms with E-state index in [1.165, 1.54) is 0 Å². The number of rotatable bonds is 4. The maximum absolute atomic E-state index is 12.6. The number of nitrogens with zero attached hydrogens (tertiary/aromatic N) is 2. The number of hydrogen-bond acceptors (Lipinski definition) is 3. The van der Waals surface area contributed by atoms with E-state index in [4.69, 9.17) is 0 Å². The lowest BCUT2D eigenvalue weighted by atomic mass is 9.97. The third-order valence-corrected chi connectivity index (χ3v) is 6.03. The molecule has 144 valence electrons. The Balaban J connectivity index is 1.38. The van der Waals surface area contributed by atoms with Crippen molar-refractivity contribution in [3.63, 3.8) is 0 Å². The number of aromatic nitrogens is 2. The zero-order valence-electron chi connectivity index (χ0n) is 15.3. The number of carbonyl (C=O) groups excluding carboxylic acids is 2. The Labute approximate surface area is 176 Å². The summed E-state index contributed by atoms with van der Waals surface area (Å²) < 4.78 is 0.868. The second kappa shape index (κ2) is 8.30. The Morgan fingerprint density at radius 3 is 2.79 bits per heavy atom. The fourth-order valence-corrected chi connectivity index (χ4v) is 4.23. The summed E-state index contributed by atoms with van der Waals surface area (Å²) in [5.74, 6) is 0.849. The van der Waals surface area contributed by atoms with Crippen LogP contribution in [0.25, 0.3) is 11.0 Å². The number of carbonyl (C=O) groups is 2. The van der Waals surface area contributed by atoms with Crippen molar-refractivity contribution in [3.8, 4) is 0 Å². The van der Waals surface area contributed by atoms with Gasteiger partial charge in [-0.05, 0) is 59.7 Å². The van der Waals surface area contributed by atoms with E-state index in [9.17, 15) is 9.59 Å². The predicted molar refractivity (Wildman–Crippen MR) is 116 cm³/mol. The van der Waals surface area contributed by atoms with Crippen LogP contribution < -0.4 is 5.32 Å². The van der Waals surface area contributed by atoms with Gasteiger partial charge in [0.05, 0.1) is 23.1 Å². The van der Waals surface area contributed by atoms with Crippen LogP contribution in [0, 0.1) is 3.57 Å². The van der Waals surface area contributed by atoms with Gasteiger partial charge < -0.3 is 15.2 Å². The summed E-state index contributed by atoms with van der Waals surface area (Å²) in [6.45, 7) is 1.35. The van der Waals surface area contributed by atoms with E-state index in [-0.39, 0.29) is 24.3 Å². The summed E-state index contributed by atoms with van der Waals surface area (Å²) in [5, 5.41) is 2.75. The molecule has 0 spiro atoms. The first-order chi connectivity index (χ1) is 13.6. The number of halogens is 1. The molecule has 28 heavy (non-hydrogen) atoms. The molecule has 1 aromatic heterocycles. The van der Waals surface area contributed by atoms with E-state index in [0.717, 1.165) is 33.3 Å². The van der Waals surface area contributed by atoms with E-state index in [0.29, 0.717) is 18.7 Å². The van der Waals surface area contributed by atoms with Crippen molar-refractivity contribution in [2.24, 2.45) is 0 Å². The van der Waals surface area contributed by atoms with E-state index in [1.54, 1.807) is 6.07 Å². The Hall–Kier alpha value is -2.42. The van der Waals surface area contributed by atoms with Crippen molar-refractivity contribution in [1.82, 2.24) is 20.2 Å². The summed E-state index contributed by atoms with van der Waals surface area (Å²) in [6.07, 6.45) is 1.93. The Morgan fingerprint density at radius 1 is 1.18 bits per heavy atom. The average molecular weight is 488 g/mol. The van der Waals surface area contributed by atoms with Crippen molar-refractivity contribution < 1.29 is 9.59 Å². The highest BCUT2D eigenvalue weighted by Gasteiger charge is 2.27. The largest absolute Gasteiger partial charge is 0.343 e. The molecule has 0 aliphatic carbocycles. The van der Waals surface area contributed by atoms with Gasteiger partial charge in [0.1, 0.15) is 5.82 Å². The molecule has 1 saturated heterocycles. The molecule has 4 rings (SSSR count). The van der Waals surface area contributed by atoms with E-state index < -0.39 is 0 Å². The number of hydrogen-bond donors (Lipinski definition) is 2. The summed E-state index contributed by atoms with van der Waals surface area (Å²) in [4.78, 5) is 34.9. The molecular weight excluding hydrogens is 467 g/mol. The summed E-state index contributed by atoms with van der Waals surface area (Å²) >= 11 is 2.12. The fraction of sp³-hybridized carbons (Fsp3) is 0.286. The van der Waals surface area contributed by atoms with Gasteiger partial charge in [0.15, 0.2) is 0 Å². The number of aromatic amines is 1. The molecule has 1 aliphatic rings. The maximum atomic E-state index is 12.6. The molecule has 2 amide bonds. The summed E-state index contributed by atoms with van der Waals surface area (Å²) in [5.41, 5.74) is 2.56. The number of likely N-dealkylation sites (tertiary alicyclic amines) is 1. The van der Waals surface area contributed by atoms with Gasteiger partial charge in [0.2, 0.25) is 5.91 Å². The van der Waals surface area contributed by atoms with Crippen molar-refractivity contribution in [2.75, 3.05) is 19.6 Å². The number of H-pyrrole nitrogens is 1. The SMILES string of the molecule is O=C(NCC(=O)N1CCCC(c2nc3ccccc3[nH]2)C1)c1ccccc1I. The quantitative estimate of drug-likeness (QED) is 0.554. The molecule has 2 heterocycles. The lowest BCUT2D eigenvalue weighted by Crippen LogP contribution is -2.44. The van der Waals surface area contributed by atoms with Crippen LogP contribution in [0.2, 0.25) is 0 Å². The first kappa shape index (κ1) is 18.9. The zero-order valence-corrected chi connectivity index (χ0v) is 17.5. The highest BCUT2D eigenvalue weighted by Crippen LogP contribution is 2.26. The van der Waals surface area contributed by atoms with Gasteiger partial charge in [-0.1, -0.05) is 24.3 Å². The number of nitrogens with one attached hydrogen (secondary N) is 2. The highest BCUT2D eigenvalue weighted by atomic mass is 127. The number of imidazole rings is 1. The van der Waals surface area contributed by atoms with Gasteiger partial charge in [-0.2, -0.15) is 0 Å². The standard InChI is InChI=1S/C21H21IN4O2/c22-16-8-2-1-7-15(16)21(28)23-12-19(27)26-11-5-6-14(13-26)20-24-17-9-3-4-10-18(17)25-20/h1-4,7-10,14H,5-6,11-13H2,(H,23,28)(H,24,25). The fourth-order valence-electron chi connectivity index (χ4n) is 3.60. The van der Waals surface area contributed by atoms with Crippen LogP contribution in [0.1, 0.15) is 34.9 Å². The molecule has 0 saturated carbocycles. The zero-order chi connectivity index (χ0) is 19.5. The van der Waals surface area contributed by atoms with Gasteiger partial charge in [0.25, 0.3) is 5.91 Å². The lowest BCUT2D eigenvalue weighted by Gasteiger charge is -2.32. The molecule has 1 fully saturated rings. The van der Waals surface area contributed by atoms with Gasteiger partial charge in [-0.25, -0.2) is 4.98 Å². The summed E-state index contributed by atoms with van der Waals surface area (Å²) in [6, 6.07) is 15.3. The Kier molecular flexibility index (Phi) is 5.61. The number of piperidine rings is 1. The third kappa shape index (κ3) is 4.04. The molecule has 1 aliphatic heterocycles. The van der Waals surface area contributed by atoms with Crippen molar-refractivity contribution in [1.29, 1.82) is 0 Å². The molecule has 2 N–H and O–H groups in total. The van der Waals surface area contributed by atoms with E-state index in [1.807, 2.05) is 47.4 Å². The number of amides is 2. The van der Waals surface area contributed by atoms with Crippen LogP contribution in [0.3, 0.4) is 0 Å². The third-order valence-electron chi connectivity index (χ3n) is 5.09. The first-order valence-corrected chi connectivity index (χ1v) is 10.4. The normalized spacial score (nSPS) is 16.9. The molecule has 0 radical (unpaired) electrons. The molecule has 3 aromatic rings. The van der Waals surface area contributed by atoms with Crippen LogP contribution in [0.4, 0.5) is 0 Å². The highest BCUT2D eigenvalue weighted by molar-refractivity contribution is 14.1. The van der Waals surface area contributed by atoms with E-state index in [2.05, 4.69) is 37.9 Å². The van der Waals surface area contributed by atoms with Crippen LogP contribution in [0.5, 0.6) is 0 Å². The molecular formula is C21H21IN4O2. The van der Waals surface area contributed by atoms with Crippen molar-refractivity contribution in [3.05, 3.63) is 63.5 Å². The molecule has 7 heteroatoms. The maximum Gasteiger partial charge on any atom is 0.252 e. The number of benzene rings is 2. The van der Waals surface area contributed by atoms with E-state index >= 15 is 0 Å². The van der Waals surface area contributed by atoms with Gasteiger partial charge in [0, 0.05) is 22.6 Å². The number of para-hydroxylation sites is 2. The molecule has 6 nitrogen and oxygen atoms in total. The lowest BCUT2D eigenvalue weighted by molar-refractivity contribution is -0.131. The minimum Gasteiger partial charge on any atom is -0.343 e. The van der Waals surface area contributed by atoms with Crippen molar-refractivity contribution in [2.45, 2.75) is 18.8 Å². The van der Waals surface area contributed by atoms with Crippen LogP contribution >= 0.6 is 22.6 Å². The molecule has 0 bridgehead atoms. The molecule has 1 atom stereocenters. The number of fused-ring (bicyclic) bond motifs is 1. The van der Waals surface area contributed by atoms with Gasteiger partial charge >= 0.3 is 0 Å².